The highest BCUT2D eigenvalue weighted by molar-refractivity contribution is 7.90. The number of carbonyl (C=O) groups excluding carboxylic acids is 2. The summed E-state index contributed by atoms with van der Waals surface area (Å²) in [4.78, 5) is 28.4. The zero-order valence-corrected chi connectivity index (χ0v) is 17.0. The van der Waals surface area contributed by atoms with Gasteiger partial charge in [-0.05, 0) is 56.2 Å². The molecule has 0 bridgehead atoms. The number of hydrogen-bond acceptors (Lipinski definition) is 6. The first-order valence-corrected chi connectivity index (χ1v) is 10.4. The summed E-state index contributed by atoms with van der Waals surface area (Å²) in [5, 5.41) is 2.66. The molecule has 1 atom stereocenters. The molecule has 1 aliphatic heterocycles. The van der Waals surface area contributed by atoms with Gasteiger partial charge in [0.25, 0.3) is 15.9 Å². The molecule has 0 saturated carbocycles. The van der Waals surface area contributed by atoms with E-state index in [1.165, 1.54) is 13.0 Å². The third-order valence-corrected chi connectivity index (χ3v) is 5.86. The van der Waals surface area contributed by atoms with Crippen molar-refractivity contribution in [2.75, 3.05) is 11.9 Å². The summed E-state index contributed by atoms with van der Waals surface area (Å²) in [6.45, 7) is 4.89. The van der Waals surface area contributed by atoms with E-state index in [1.54, 1.807) is 24.3 Å². The van der Waals surface area contributed by atoms with E-state index >= 15 is 0 Å². The molecule has 29 heavy (non-hydrogen) atoms. The van der Waals surface area contributed by atoms with Gasteiger partial charge < -0.3 is 10.1 Å². The molecule has 152 valence electrons. The summed E-state index contributed by atoms with van der Waals surface area (Å²) < 4.78 is 31.5. The number of amides is 1. The molecule has 0 aromatic heterocycles. The molecular weight excluding hydrogens is 394 g/mol. The number of anilines is 1. The number of fused-ring (bicyclic) bond motifs is 1. The molecule has 3 rings (SSSR count). The fourth-order valence-electron chi connectivity index (χ4n) is 2.75. The van der Waals surface area contributed by atoms with Crippen LogP contribution in [0.25, 0.3) is 0 Å². The van der Waals surface area contributed by atoms with Crippen LogP contribution in [0.4, 0.5) is 5.69 Å². The molecule has 0 saturated heterocycles. The number of ether oxygens (including phenoxy) is 1. The Morgan fingerprint density at radius 2 is 1.86 bits per heavy atom. The summed E-state index contributed by atoms with van der Waals surface area (Å²) in [6, 6.07) is 10.8. The Hall–Kier alpha value is -3.20. The van der Waals surface area contributed by atoms with Crippen molar-refractivity contribution in [3.05, 3.63) is 59.2 Å². The van der Waals surface area contributed by atoms with Crippen LogP contribution in [0.2, 0.25) is 0 Å². The molecule has 8 nitrogen and oxygen atoms in total. The van der Waals surface area contributed by atoms with E-state index in [0.717, 1.165) is 11.1 Å². The number of sulfonamides is 1. The Morgan fingerprint density at radius 3 is 2.59 bits per heavy atom. The third kappa shape index (κ3) is 4.62. The smallest absolute Gasteiger partial charge is 0.331 e. The first-order chi connectivity index (χ1) is 13.7. The van der Waals surface area contributed by atoms with Gasteiger partial charge in [0.15, 0.2) is 6.61 Å². The first kappa shape index (κ1) is 20.5. The minimum Gasteiger partial charge on any atom is -0.454 e. The minimum absolute atomic E-state index is 0.0737. The van der Waals surface area contributed by atoms with Crippen LogP contribution in [0.15, 0.2) is 52.4 Å². The van der Waals surface area contributed by atoms with Crippen molar-refractivity contribution in [2.24, 2.45) is 4.99 Å². The third-order valence-electron chi connectivity index (χ3n) is 4.46. The second-order valence-electron chi connectivity index (χ2n) is 6.71. The van der Waals surface area contributed by atoms with Crippen LogP contribution < -0.4 is 10.0 Å². The largest absolute Gasteiger partial charge is 0.454 e. The number of benzene rings is 2. The number of nitrogens with zero attached hydrogens (tertiary/aromatic N) is 1. The topological polar surface area (TPSA) is 114 Å². The van der Waals surface area contributed by atoms with Crippen molar-refractivity contribution in [3.63, 3.8) is 0 Å². The maximum Gasteiger partial charge on any atom is 0.331 e. The van der Waals surface area contributed by atoms with E-state index in [-0.39, 0.29) is 10.7 Å². The Labute approximate surface area is 169 Å². The average molecular weight is 415 g/mol. The number of hydrogen-bond donors (Lipinski definition) is 2. The minimum atomic E-state index is -3.69. The van der Waals surface area contributed by atoms with Crippen LogP contribution in [0.5, 0.6) is 0 Å². The lowest BCUT2D eigenvalue weighted by atomic mass is 10.1. The second-order valence-corrected chi connectivity index (χ2v) is 8.36. The monoisotopic (exact) mass is 415 g/mol. The van der Waals surface area contributed by atoms with Crippen molar-refractivity contribution in [3.8, 4) is 0 Å². The quantitative estimate of drug-likeness (QED) is 0.724. The highest BCUT2D eigenvalue weighted by Crippen LogP contribution is 2.22. The van der Waals surface area contributed by atoms with E-state index in [0.29, 0.717) is 11.3 Å². The van der Waals surface area contributed by atoms with Gasteiger partial charge in [-0.25, -0.2) is 13.2 Å². The van der Waals surface area contributed by atoms with E-state index in [4.69, 9.17) is 4.74 Å². The Kier molecular flexibility index (Phi) is 5.69. The molecule has 0 unspecified atom stereocenters. The van der Waals surface area contributed by atoms with Gasteiger partial charge in [0.2, 0.25) is 0 Å². The van der Waals surface area contributed by atoms with Gasteiger partial charge in [0.1, 0.15) is 11.9 Å². The number of rotatable bonds is 5. The molecule has 0 radical (unpaired) electrons. The van der Waals surface area contributed by atoms with Crippen LogP contribution in [0.3, 0.4) is 0 Å². The molecule has 1 aliphatic rings. The van der Waals surface area contributed by atoms with Crippen molar-refractivity contribution in [1.29, 1.82) is 0 Å². The van der Waals surface area contributed by atoms with E-state index in [2.05, 4.69) is 15.0 Å². The number of aryl methyl sites for hydroxylation is 2. The predicted molar refractivity (Wildman–Crippen MR) is 108 cm³/mol. The number of nitrogens with one attached hydrogen (secondary N) is 2. The number of carbonyl (C=O) groups is 2. The van der Waals surface area contributed by atoms with Crippen LogP contribution in [0, 0.1) is 13.8 Å². The van der Waals surface area contributed by atoms with Gasteiger partial charge in [0, 0.05) is 11.3 Å². The zero-order valence-electron chi connectivity index (χ0n) is 16.2. The maximum atomic E-state index is 12.2. The summed E-state index contributed by atoms with van der Waals surface area (Å²) in [7, 11) is -3.69. The molecule has 2 aromatic carbocycles. The van der Waals surface area contributed by atoms with Crippen LogP contribution in [-0.4, -0.2) is 38.8 Å². The number of esters is 1. The van der Waals surface area contributed by atoms with Gasteiger partial charge >= 0.3 is 5.97 Å². The molecule has 0 spiro atoms. The molecular formula is C20H21N3O5S. The maximum absolute atomic E-state index is 12.2. The van der Waals surface area contributed by atoms with Crippen molar-refractivity contribution < 1.29 is 22.7 Å². The lowest BCUT2D eigenvalue weighted by molar-refractivity contribution is -0.148. The molecule has 2 N–H and O–H groups in total. The molecule has 0 fully saturated rings. The van der Waals surface area contributed by atoms with Gasteiger partial charge in [-0.2, -0.15) is 0 Å². The fraction of sp³-hybridized carbons (Fsp3) is 0.250. The molecule has 1 amide bonds. The molecule has 9 heteroatoms. The van der Waals surface area contributed by atoms with Crippen molar-refractivity contribution in [2.45, 2.75) is 31.7 Å². The van der Waals surface area contributed by atoms with Gasteiger partial charge in [-0.15, -0.1) is 0 Å². The number of aliphatic imine (C=N–C) groups is 1. The molecule has 1 heterocycles. The SMILES string of the molecule is Cc1ccc(NC(=O)COC(=O)[C@H](C)N=C2NS(=O)(=O)c3ccccc32)cc1C. The van der Waals surface area contributed by atoms with E-state index < -0.39 is 34.5 Å². The summed E-state index contributed by atoms with van der Waals surface area (Å²) in [5.74, 6) is -1.14. The lowest BCUT2D eigenvalue weighted by Gasteiger charge is -2.10. The highest BCUT2D eigenvalue weighted by Gasteiger charge is 2.31. The number of amidine groups is 1. The Balaban J connectivity index is 1.60. The summed E-state index contributed by atoms with van der Waals surface area (Å²) >= 11 is 0. The van der Waals surface area contributed by atoms with Gasteiger partial charge in [-0.3, -0.25) is 14.5 Å². The highest BCUT2D eigenvalue weighted by atomic mass is 32.2. The zero-order chi connectivity index (χ0) is 21.2. The Morgan fingerprint density at radius 1 is 1.14 bits per heavy atom. The van der Waals surface area contributed by atoms with Crippen LogP contribution >= 0.6 is 0 Å². The summed E-state index contributed by atoms with van der Waals surface area (Å²) in [6.07, 6.45) is 0. The van der Waals surface area contributed by atoms with E-state index in [1.807, 2.05) is 26.0 Å². The normalized spacial score (nSPS) is 16.6. The summed E-state index contributed by atoms with van der Waals surface area (Å²) in [5.41, 5.74) is 3.13. The first-order valence-electron chi connectivity index (χ1n) is 8.91. The second kappa shape index (κ2) is 8.04. The Bertz CT molecular complexity index is 1110. The predicted octanol–water partition coefficient (Wildman–Crippen LogP) is 1.91. The van der Waals surface area contributed by atoms with Gasteiger partial charge in [0.05, 0.1) is 4.90 Å². The van der Waals surface area contributed by atoms with Crippen LogP contribution in [-0.2, 0) is 24.3 Å². The molecule has 2 aromatic rings. The van der Waals surface area contributed by atoms with Gasteiger partial charge in [-0.1, -0.05) is 18.2 Å². The van der Waals surface area contributed by atoms with E-state index in [9.17, 15) is 18.0 Å². The standard InChI is InChI=1S/C20H21N3O5S/c1-12-8-9-15(10-13(12)2)22-18(24)11-28-20(25)14(3)21-19-16-6-4-5-7-17(16)29(26,27)23-19/h4-10,14H,11H2,1-3H3,(H,21,23)(H,22,24)/t14-/m0/s1. The molecule has 0 aliphatic carbocycles. The van der Waals surface area contributed by atoms with Crippen molar-refractivity contribution >= 4 is 33.4 Å². The fourth-order valence-corrected chi connectivity index (χ4v) is 3.99. The average Bonchev–Trinajstić information content (AvgIpc) is 2.93. The lowest BCUT2D eigenvalue weighted by Crippen LogP contribution is -2.28. The van der Waals surface area contributed by atoms with Crippen molar-refractivity contribution in [1.82, 2.24) is 4.72 Å². The van der Waals surface area contributed by atoms with Crippen LogP contribution in [0.1, 0.15) is 23.6 Å².